The summed E-state index contributed by atoms with van der Waals surface area (Å²) in [4.78, 5) is 11.7. The Balaban J connectivity index is 1.61. The molecule has 1 fully saturated rings. The molecule has 7 nitrogen and oxygen atoms in total. The third-order valence-corrected chi connectivity index (χ3v) is 7.55. The van der Waals surface area contributed by atoms with E-state index >= 15 is 0 Å². The number of benzene rings is 1. The zero-order chi connectivity index (χ0) is 22.4. The molecule has 1 aliphatic heterocycles. The van der Waals surface area contributed by atoms with Crippen LogP contribution in [0.5, 0.6) is 5.75 Å². The van der Waals surface area contributed by atoms with Gasteiger partial charge < -0.3 is 14.2 Å². The van der Waals surface area contributed by atoms with Crippen molar-refractivity contribution in [2.45, 2.75) is 44.1 Å². The topological polar surface area (TPSA) is 82.1 Å². The predicted molar refractivity (Wildman–Crippen MR) is 117 cm³/mol. The zero-order valence-electron chi connectivity index (χ0n) is 18.3. The summed E-state index contributed by atoms with van der Waals surface area (Å²) in [6.45, 7) is 4.66. The molecule has 1 aromatic carbocycles. The monoisotopic (exact) mass is 449 g/mol. The van der Waals surface area contributed by atoms with Crippen LogP contribution in [0.25, 0.3) is 0 Å². The number of nitrogens with zero attached hydrogens (tertiary/aromatic N) is 1. The first-order chi connectivity index (χ1) is 14.8. The number of allylic oxidation sites excluding steroid dienone is 4. The molecule has 1 saturated heterocycles. The standard InChI is InChI=1S/C23H31NO6S/c1-17(2)30-19-8-10-20(11-9-19)31(26,27)24-14-12-18(13-15-24)21-6-4-5-7-22(21)29-16-23(25)28-3/h4-5,7-11,17-18,21H,6,12-16H2,1-3H3. The Bertz CT molecular complexity index is 912. The lowest BCUT2D eigenvalue weighted by molar-refractivity contribution is -0.144. The van der Waals surface area contributed by atoms with E-state index in [1.165, 1.54) is 7.11 Å². The van der Waals surface area contributed by atoms with Crippen molar-refractivity contribution in [1.29, 1.82) is 0 Å². The van der Waals surface area contributed by atoms with Gasteiger partial charge in [0.1, 0.15) is 11.5 Å². The molecule has 8 heteroatoms. The summed E-state index contributed by atoms with van der Waals surface area (Å²) < 4.78 is 43.6. The molecular formula is C23H31NO6S. The van der Waals surface area contributed by atoms with Crippen LogP contribution in [0.1, 0.15) is 33.1 Å². The van der Waals surface area contributed by atoms with Crippen molar-refractivity contribution in [3.63, 3.8) is 0 Å². The molecule has 3 rings (SSSR count). The highest BCUT2D eigenvalue weighted by Gasteiger charge is 2.34. The number of methoxy groups -OCH3 is 1. The van der Waals surface area contributed by atoms with Crippen molar-refractivity contribution in [3.05, 3.63) is 48.3 Å². The van der Waals surface area contributed by atoms with Crippen LogP contribution < -0.4 is 4.74 Å². The summed E-state index contributed by atoms with van der Waals surface area (Å²) in [6.07, 6.45) is 8.24. The lowest BCUT2D eigenvalue weighted by Crippen LogP contribution is -2.40. The fourth-order valence-corrected chi connectivity index (χ4v) is 5.51. The normalized spacial score (nSPS) is 20.4. The number of piperidine rings is 1. The average molecular weight is 450 g/mol. The summed E-state index contributed by atoms with van der Waals surface area (Å²) in [5.41, 5.74) is 0. The molecule has 170 valence electrons. The maximum atomic E-state index is 13.1. The summed E-state index contributed by atoms with van der Waals surface area (Å²) in [7, 11) is -2.21. The Labute approximate surface area is 184 Å². The van der Waals surface area contributed by atoms with E-state index in [1.807, 2.05) is 26.0 Å². The first-order valence-electron chi connectivity index (χ1n) is 10.6. The van der Waals surface area contributed by atoms with Crippen LogP contribution in [0.15, 0.2) is 53.1 Å². The van der Waals surface area contributed by atoms with E-state index in [0.717, 1.165) is 25.0 Å². The van der Waals surface area contributed by atoms with Gasteiger partial charge in [-0.15, -0.1) is 0 Å². The van der Waals surface area contributed by atoms with E-state index in [-0.39, 0.29) is 23.5 Å². The van der Waals surface area contributed by atoms with Crippen molar-refractivity contribution in [2.75, 3.05) is 26.8 Å². The molecule has 1 heterocycles. The summed E-state index contributed by atoms with van der Waals surface area (Å²) in [6, 6.07) is 6.60. The van der Waals surface area contributed by atoms with Crippen LogP contribution in [0.4, 0.5) is 0 Å². The fraction of sp³-hybridized carbons (Fsp3) is 0.522. The van der Waals surface area contributed by atoms with Gasteiger partial charge in [0, 0.05) is 19.0 Å². The second-order valence-corrected chi connectivity index (χ2v) is 10.0. The molecule has 1 aromatic rings. The molecule has 0 bridgehead atoms. The Kier molecular flexibility index (Phi) is 7.78. The Hall–Kier alpha value is -2.32. The number of hydrogen-bond donors (Lipinski definition) is 0. The van der Waals surface area contributed by atoms with E-state index in [9.17, 15) is 13.2 Å². The minimum Gasteiger partial charge on any atom is -0.491 e. The highest BCUT2D eigenvalue weighted by atomic mass is 32.2. The smallest absolute Gasteiger partial charge is 0.343 e. The molecule has 0 aromatic heterocycles. The molecule has 0 spiro atoms. The van der Waals surface area contributed by atoms with Gasteiger partial charge in [-0.2, -0.15) is 4.31 Å². The van der Waals surface area contributed by atoms with Crippen LogP contribution in [0, 0.1) is 11.8 Å². The van der Waals surface area contributed by atoms with E-state index in [4.69, 9.17) is 9.47 Å². The maximum absolute atomic E-state index is 13.1. The largest absolute Gasteiger partial charge is 0.491 e. The number of carbonyl (C=O) groups is 1. The van der Waals surface area contributed by atoms with Gasteiger partial charge in [-0.1, -0.05) is 12.2 Å². The lowest BCUT2D eigenvalue weighted by atomic mass is 9.80. The number of esters is 1. The van der Waals surface area contributed by atoms with Gasteiger partial charge in [-0.05, 0) is 69.4 Å². The van der Waals surface area contributed by atoms with Gasteiger partial charge in [0.15, 0.2) is 6.61 Å². The van der Waals surface area contributed by atoms with Gasteiger partial charge in [0.2, 0.25) is 10.0 Å². The van der Waals surface area contributed by atoms with E-state index in [2.05, 4.69) is 10.8 Å². The van der Waals surface area contributed by atoms with Crippen LogP contribution in [0.3, 0.4) is 0 Å². The third-order valence-electron chi connectivity index (χ3n) is 5.64. The van der Waals surface area contributed by atoms with Crippen LogP contribution in [0.2, 0.25) is 0 Å². The minimum absolute atomic E-state index is 0.0339. The third kappa shape index (κ3) is 5.89. The van der Waals surface area contributed by atoms with Gasteiger partial charge >= 0.3 is 5.97 Å². The average Bonchev–Trinajstić information content (AvgIpc) is 2.77. The molecule has 0 N–H and O–H groups in total. The molecule has 2 aliphatic rings. The van der Waals surface area contributed by atoms with Gasteiger partial charge in [0.25, 0.3) is 0 Å². The van der Waals surface area contributed by atoms with Gasteiger partial charge in [-0.25, -0.2) is 13.2 Å². The molecule has 0 amide bonds. The van der Waals surface area contributed by atoms with E-state index in [1.54, 1.807) is 28.6 Å². The molecule has 31 heavy (non-hydrogen) atoms. The van der Waals surface area contributed by atoms with Crippen molar-refractivity contribution < 1.29 is 27.4 Å². The predicted octanol–water partition coefficient (Wildman–Crippen LogP) is 3.52. The summed E-state index contributed by atoms with van der Waals surface area (Å²) in [5, 5.41) is 0. The fourth-order valence-electron chi connectivity index (χ4n) is 4.04. The second kappa shape index (κ2) is 10.3. The summed E-state index contributed by atoms with van der Waals surface area (Å²) in [5.74, 6) is 1.45. The number of hydrogen-bond acceptors (Lipinski definition) is 6. The first kappa shape index (κ1) is 23.3. The second-order valence-electron chi connectivity index (χ2n) is 8.08. The van der Waals surface area contributed by atoms with Crippen LogP contribution in [-0.4, -0.2) is 51.6 Å². The number of carbonyl (C=O) groups excluding carboxylic acids is 1. The lowest BCUT2D eigenvalue weighted by Gasteiger charge is -2.36. The minimum atomic E-state index is -3.54. The molecule has 1 atom stereocenters. The van der Waals surface area contributed by atoms with Crippen molar-refractivity contribution in [1.82, 2.24) is 4.31 Å². The number of sulfonamides is 1. The Morgan fingerprint density at radius 2 is 1.84 bits per heavy atom. The highest BCUT2D eigenvalue weighted by molar-refractivity contribution is 7.89. The van der Waals surface area contributed by atoms with Crippen LogP contribution >= 0.6 is 0 Å². The Morgan fingerprint density at radius 1 is 1.16 bits per heavy atom. The van der Waals surface area contributed by atoms with E-state index < -0.39 is 16.0 Å². The highest BCUT2D eigenvalue weighted by Crippen LogP contribution is 2.36. The number of rotatable bonds is 8. The zero-order valence-corrected chi connectivity index (χ0v) is 19.1. The van der Waals surface area contributed by atoms with Crippen molar-refractivity contribution in [3.8, 4) is 5.75 Å². The van der Waals surface area contributed by atoms with Crippen molar-refractivity contribution in [2.24, 2.45) is 11.8 Å². The molecule has 1 unspecified atom stereocenters. The quantitative estimate of drug-likeness (QED) is 0.565. The maximum Gasteiger partial charge on any atom is 0.343 e. The molecular weight excluding hydrogens is 418 g/mol. The molecule has 0 radical (unpaired) electrons. The Morgan fingerprint density at radius 3 is 2.45 bits per heavy atom. The van der Waals surface area contributed by atoms with Crippen molar-refractivity contribution >= 4 is 16.0 Å². The van der Waals surface area contributed by atoms with Crippen LogP contribution in [-0.2, 0) is 24.3 Å². The van der Waals surface area contributed by atoms with Gasteiger partial charge in [0.05, 0.1) is 18.1 Å². The first-order valence-corrected chi connectivity index (χ1v) is 12.1. The molecule has 1 aliphatic carbocycles. The van der Waals surface area contributed by atoms with E-state index in [0.29, 0.717) is 24.8 Å². The molecule has 0 saturated carbocycles. The number of ether oxygens (including phenoxy) is 3. The van der Waals surface area contributed by atoms with Gasteiger partial charge in [-0.3, -0.25) is 0 Å². The SMILES string of the molecule is COC(=O)COC1=CC=CCC1C1CCN(S(=O)(=O)c2ccc(OC(C)C)cc2)CC1. The summed E-state index contributed by atoms with van der Waals surface area (Å²) >= 11 is 0.